The normalized spacial score (nSPS) is 15.4. The molecule has 0 N–H and O–H groups in total. The fourth-order valence-electron chi connectivity index (χ4n) is 4.31. The van der Waals surface area contributed by atoms with Crippen molar-refractivity contribution in [3.8, 4) is 16.9 Å². The Morgan fingerprint density at radius 1 is 1.09 bits per heavy atom. The van der Waals surface area contributed by atoms with Crippen LogP contribution in [0.25, 0.3) is 27.8 Å². The van der Waals surface area contributed by atoms with E-state index in [0.717, 1.165) is 19.4 Å². The van der Waals surface area contributed by atoms with Gasteiger partial charge in [0.2, 0.25) is 0 Å². The minimum atomic E-state index is -0.787. The van der Waals surface area contributed by atoms with Crippen LogP contribution in [0, 0.1) is 0 Å². The minimum Gasteiger partial charge on any atom is -0.334 e. The van der Waals surface area contributed by atoms with Crippen LogP contribution < -0.4 is 5.56 Å². The summed E-state index contributed by atoms with van der Waals surface area (Å²) >= 11 is 0. The molecule has 162 valence electrons. The second-order valence-corrected chi connectivity index (χ2v) is 8.67. The summed E-state index contributed by atoms with van der Waals surface area (Å²) in [5.74, 6) is 0.0120. The Hall–Kier alpha value is -3.81. The van der Waals surface area contributed by atoms with E-state index in [2.05, 4.69) is 24.2 Å². The van der Waals surface area contributed by atoms with Crippen LogP contribution >= 0.6 is 0 Å². The predicted octanol–water partition coefficient (Wildman–Crippen LogP) is 4.00. The number of nitrogens with zero attached hydrogens (tertiary/aromatic N) is 5. The van der Waals surface area contributed by atoms with E-state index < -0.39 is 5.56 Å². The van der Waals surface area contributed by atoms with Crippen LogP contribution in [0.2, 0.25) is 0 Å². The van der Waals surface area contributed by atoms with Crippen molar-refractivity contribution >= 4 is 16.8 Å². The first-order valence-electron chi connectivity index (χ1n) is 10.5. The third-order valence-corrected chi connectivity index (χ3v) is 6.15. The zero-order valence-electron chi connectivity index (χ0n) is 17.8. The predicted molar refractivity (Wildman–Crippen MR) is 119 cm³/mol. The maximum Gasteiger partial charge on any atom is 0.288 e. The van der Waals surface area contributed by atoms with E-state index in [-0.39, 0.29) is 33.0 Å². The van der Waals surface area contributed by atoms with E-state index in [0.29, 0.717) is 16.6 Å². The number of carbonyl (C=O) groups is 1. The van der Waals surface area contributed by atoms with Gasteiger partial charge in [-0.25, -0.2) is 4.68 Å². The van der Waals surface area contributed by atoms with E-state index in [9.17, 15) is 14.1 Å². The highest BCUT2D eigenvalue weighted by atomic mass is 19.2. The lowest BCUT2D eigenvalue weighted by Gasteiger charge is -2.31. The molecule has 3 heterocycles. The van der Waals surface area contributed by atoms with E-state index >= 15 is 0 Å². The minimum absolute atomic E-state index is 0.0120. The third kappa shape index (κ3) is 3.28. The highest BCUT2D eigenvalue weighted by Crippen LogP contribution is 2.30. The molecule has 2 aromatic heterocycles. The van der Waals surface area contributed by atoms with Crippen LogP contribution in [0.15, 0.2) is 65.6 Å². The molecule has 1 aliphatic rings. The number of rotatable bonds is 3. The van der Waals surface area contributed by atoms with Crippen LogP contribution in [0.5, 0.6) is 0 Å². The SMILES string of the molecule is CC1(C)CCCN1C(=O)c1ccc(-n2cc(-c3cc4ccccc4n(F)c3=O)nn2)cc1. The number of halogens is 1. The van der Waals surface area contributed by atoms with E-state index in [1.54, 1.807) is 60.8 Å². The fraction of sp³-hybridized carbons (Fsp3) is 0.250. The van der Waals surface area contributed by atoms with E-state index in [4.69, 9.17) is 0 Å². The van der Waals surface area contributed by atoms with Gasteiger partial charge in [0.15, 0.2) is 0 Å². The molecule has 1 saturated heterocycles. The molecular formula is C24H22FN5O2. The topological polar surface area (TPSA) is 73.0 Å². The lowest BCUT2D eigenvalue weighted by Crippen LogP contribution is -2.42. The number of benzene rings is 2. The van der Waals surface area contributed by atoms with Crippen molar-refractivity contribution in [1.29, 1.82) is 0 Å². The lowest BCUT2D eigenvalue weighted by molar-refractivity contribution is 0.0652. The Bertz CT molecular complexity index is 1390. The molecule has 0 unspecified atom stereocenters. The molecule has 0 bridgehead atoms. The number of pyridine rings is 1. The summed E-state index contributed by atoms with van der Waals surface area (Å²) in [6, 6.07) is 15.4. The van der Waals surface area contributed by atoms with Gasteiger partial charge in [0.1, 0.15) is 5.69 Å². The quantitative estimate of drug-likeness (QED) is 0.492. The van der Waals surface area contributed by atoms with Crippen molar-refractivity contribution in [2.45, 2.75) is 32.2 Å². The van der Waals surface area contributed by atoms with Crippen LogP contribution in [0.1, 0.15) is 37.0 Å². The van der Waals surface area contributed by atoms with Crippen molar-refractivity contribution in [3.05, 3.63) is 76.7 Å². The highest BCUT2D eigenvalue weighted by molar-refractivity contribution is 5.95. The number of hydrogen-bond donors (Lipinski definition) is 0. The third-order valence-electron chi connectivity index (χ3n) is 6.15. The molecule has 32 heavy (non-hydrogen) atoms. The smallest absolute Gasteiger partial charge is 0.288 e. The van der Waals surface area contributed by atoms with Gasteiger partial charge < -0.3 is 4.90 Å². The maximum atomic E-state index is 14.5. The van der Waals surface area contributed by atoms with Gasteiger partial charge in [-0.15, -0.1) is 9.89 Å². The number of para-hydroxylation sites is 1. The molecule has 4 aromatic rings. The van der Waals surface area contributed by atoms with Gasteiger partial charge in [-0.2, -0.15) is 0 Å². The molecule has 0 atom stereocenters. The Morgan fingerprint density at radius 2 is 1.84 bits per heavy atom. The van der Waals surface area contributed by atoms with Gasteiger partial charge >= 0.3 is 0 Å². The molecule has 1 amide bonds. The molecule has 7 nitrogen and oxygen atoms in total. The second kappa shape index (κ2) is 7.40. The number of hydrogen-bond acceptors (Lipinski definition) is 4. The van der Waals surface area contributed by atoms with Crippen LogP contribution in [0.3, 0.4) is 0 Å². The zero-order valence-corrected chi connectivity index (χ0v) is 17.8. The van der Waals surface area contributed by atoms with Gasteiger partial charge in [0, 0.05) is 23.0 Å². The van der Waals surface area contributed by atoms with Crippen molar-refractivity contribution in [2.75, 3.05) is 6.54 Å². The van der Waals surface area contributed by atoms with Crippen LogP contribution in [-0.4, -0.2) is 42.7 Å². The summed E-state index contributed by atoms with van der Waals surface area (Å²) in [4.78, 5) is 27.4. The number of aromatic nitrogens is 4. The molecule has 8 heteroatoms. The summed E-state index contributed by atoms with van der Waals surface area (Å²) < 4.78 is 16.0. The fourth-order valence-corrected chi connectivity index (χ4v) is 4.31. The van der Waals surface area contributed by atoms with Crippen molar-refractivity contribution in [2.24, 2.45) is 0 Å². The summed E-state index contributed by atoms with van der Waals surface area (Å²) in [5, 5.41) is 8.75. The molecule has 2 aromatic carbocycles. The molecule has 0 radical (unpaired) electrons. The molecule has 0 aliphatic carbocycles. The Morgan fingerprint density at radius 3 is 2.56 bits per heavy atom. The Kier molecular flexibility index (Phi) is 4.65. The van der Waals surface area contributed by atoms with Gasteiger partial charge in [0.05, 0.1) is 23.0 Å². The second-order valence-electron chi connectivity index (χ2n) is 8.67. The first kappa shape index (κ1) is 20.1. The Labute approximate surface area is 183 Å². The molecule has 1 fully saturated rings. The molecular weight excluding hydrogens is 409 g/mol. The molecule has 0 spiro atoms. The Balaban J connectivity index is 1.44. The highest BCUT2D eigenvalue weighted by Gasteiger charge is 2.35. The molecule has 0 saturated carbocycles. The maximum absolute atomic E-state index is 14.5. The van der Waals surface area contributed by atoms with Crippen LogP contribution in [0.4, 0.5) is 4.48 Å². The largest absolute Gasteiger partial charge is 0.334 e. The van der Waals surface area contributed by atoms with Gasteiger partial charge in [0.25, 0.3) is 11.5 Å². The van der Waals surface area contributed by atoms with Crippen molar-refractivity contribution in [3.63, 3.8) is 0 Å². The van der Waals surface area contributed by atoms with Crippen LogP contribution in [-0.2, 0) is 0 Å². The summed E-state index contributed by atoms with van der Waals surface area (Å²) in [5.41, 5.74) is 0.965. The van der Waals surface area contributed by atoms with E-state index in [1.807, 2.05) is 4.90 Å². The lowest BCUT2D eigenvalue weighted by atomic mass is 10.0. The van der Waals surface area contributed by atoms with Gasteiger partial charge in [-0.05, 0) is 63.1 Å². The standard InChI is InChI=1S/C24H22FN5O2/c1-24(2)12-5-13-28(24)22(31)16-8-10-18(11-9-16)29-15-20(26-27-29)19-14-17-6-3-4-7-21(17)30(25)23(19)32/h3-4,6-11,14-15H,5,12-13H2,1-2H3. The van der Waals surface area contributed by atoms with Crippen molar-refractivity contribution in [1.82, 2.24) is 24.7 Å². The monoisotopic (exact) mass is 431 g/mol. The number of amides is 1. The van der Waals surface area contributed by atoms with Crippen molar-refractivity contribution < 1.29 is 9.28 Å². The van der Waals surface area contributed by atoms with E-state index in [1.165, 1.54) is 4.68 Å². The zero-order chi connectivity index (χ0) is 22.5. The van der Waals surface area contributed by atoms with Gasteiger partial charge in [-0.1, -0.05) is 27.9 Å². The molecule has 5 rings (SSSR count). The number of fused-ring (bicyclic) bond motifs is 1. The summed E-state index contributed by atoms with van der Waals surface area (Å²) in [6.07, 6.45) is 3.58. The summed E-state index contributed by atoms with van der Waals surface area (Å²) in [6.45, 7) is 4.93. The summed E-state index contributed by atoms with van der Waals surface area (Å²) in [7, 11) is 0. The average molecular weight is 431 g/mol. The first-order valence-corrected chi connectivity index (χ1v) is 10.5. The first-order chi connectivity index (χ1) is 15.3. The van der Waals surface area contributed by atoms with Gasteiger partial charge in [-0.3, -0.25) is 9.59 Å². The average Bonchev–Trinajstić information content (AvgIpc) is 3.42. The molecule has 1 aliphatic heterocycles. The number of carbonyl (C=O) groups excluding carboxylic acids is 1. The number of likely N-dealkylation sites (tertiary alicyclic amines) is 1.